The van der Waals surface area contributed by atoms with Gasteiger partial charge in [0.15, 0.2) is 0 Å². The van der Waals surface area contributed by atoms with Gasteiger partial charge in [0.2, 0.25) is 0 Å². The lowest BCUT2D eigenvalue weighted by atomic mass is 9.71. The maximum absolute atomic E-state index is 6.28. The van der Waals surface area contributed by atoms with E-state index in [1.165, 1.54) is 0 Å². The fraction of sp³-hybridized carbons (Fsp3) is 0.600. The predicted molar refractivity (Wildman–Crippen MR) is 72.5 cm³/mol. The van der Waals surface area contributed by atoms with Gasteiger partial charge in [-0.2, -0.15) is 0 Å². The molecule has 1 heterocycles. The van der Waals surface area contributed by atoms with E-state index in [9.17, 15) is 0 Å². The van der Waals surface area contributed by atoms with Crippen molar-refractivity contribution in [2.24, 2.45) is 5.73 Å². The number of benzene rings is 1. The Labute approximate surface area is 113 Å². The molecule has 3 rings (SSSR count). The van der Waals surface area contributed by atoms with Crippen LogP contribution in [-0.2, 0) is 4.74 Å². The fourth-order valence-electron chi connectivity index (χ4n) is 3.20. The number of methoxy groups -OCH3 is 1. The first kappa shape index (κ1) is 12.8. The van der Waals surface area contributed by atoms with Crippen molar-refractivity contribution in [2.75, 3.05) is 13.7 Å². The highest BCUT2D eigenvalue weighted by molar-refractivity contribution is 5.45. The minimum Gasteiger partial charge on any atom is -0.497 e. The smallest absolute Gasteiger partial charge is 0.128 e. The molecule has 2 aliphatic rings. The maximum atomic E-state index is 6.28. The van der Waals surface area contributed by atoms with Gasteiger partial charge in [0.25, 0.3) is 0 Å². The first-order valence-electron chi connectivity index (χ1n) is 6.90. The Kier molecular flexibility index (Phi) is 3.15. The number of fused-ring (bicyclic) bond motifs is 1. The van der Waals surface area contributed by atoms with Gasteiger partial charge < -0.3 is 19.9 Å². The minimum absolute atomic E-state index is 0.0391. The van der Waals surface area contributed by atoms with Crippen molar-refractivity contribution in [3.63, 3.8) is 0 Å². The molecule has 4 heteroatoms. The van der Waals surface area contributed by atoms with Crippen molar-refractivity contribution in [3.05, 3.63) is 23.8 Å². The second kappa shape index (κ2) is 4.69. The second-order valence-electron chi connectivity index (χ2n) is 5.49. The van der Waals surface area contributed by atoms with Gasteiger partial charge >= 0.3 is 0 Å². The highest BCUT2D eigenvalue weighted by Crippen LogP contribution is 2.49. The Morgan fingerprint density at radius 2 is 2.16 bits per heavy atom. The second-order valence-corrected chi connectivity index (χ2v) is 5.49. The SMILES string of the molecule is CCOC1CC2(C1)CC(N)c1ccc(OC)cc1O2. The summed E-state index contributed by atoms with van der Waals surface area (Å²) in [5.74, 6) is 1.68. The molecular weight excluding hydrogens is 242 g/mol. The molecule has 1 aromatic rings. The molecule has 1 saturated carbocycles. The molecule has 1 atom stereocenters. The Hall–Kier alpha value is -1.26. The van der Waals surface area contributed by atoms with E-state index in [1.807, 2.05) is 25.1 Å². The lowest BCUT2D eigenvalue weighted by Gasteiger charge is -2.50. The van der Waals surface area contributed by atoms with Crippen LogP contribution in [0.5, 0.6) is 11.5 Å². The third-order valence-electron chi connectivity index (χ3n) is 4.14. The Bertz CT molecular complexity index is 468. The van der Waals surface area contributed by atoms with Crippen molar-refractivity contribution in [2.45, 2.75) is 43.9 Å². The van der Waals surface area contributed by atoms with Gasteiger partial charge in [-0.25, -0.2) is 0 Å². The van der Waals surface area contributed by atoms with E-state index in [0.717, 1.165) is 42.9 Å². The quantitative estimate of drug-likeness (QED) is 0.910. The van der Waals surface area contributed by atoms with Crippen molar-refractivity contribution in [1.29, 1.82) is 0 Å². The molecule has 0 bridgehead atoms. The normalized spacial score (nSPS) is 32.4. The molecule has 4 nitrogen and oxygen atoms in total. The molecule has 1 spiro atoms. The van der Waals surface area contributed by atoms with Gasteiger partial charge in [-0.15, -0.1) is 0 Å². The van der Waals surface area contributed by atoms with Gasteiger partial charge in [-0.3, -0.25) is 0 Å². The fourth-order valence-corrected chi connectivity index (χ4v) is 3.20. The molecule has 0 radical (unpaired) electrons. The van der Waals surface area contributed by atoms with Gasteiger partial charge in [0, 0.05) is 43.5 Å². The molecule has 0 saturated heterocycles. The highest BCUT2D eigenvalue weighted by Gasteiger charge is 2.50. The Balaban J connectivity index is 1.80. The molecule has 0 aromatic heterocycles. The number of hydrogen-bond donors (Lipinski definition) is 1. The van der Waals surface area contributed by atoms with Crippen LogP contribution in [0.1, 0.15) is 37.8 Å². The van der Waals surface area contributed by atoms with E-state index in [1.54, 1.807) is 7.11 Å². The molecule has 0 amide bonds. The van der Waals surface area contributed by atoms with E-state index < -0.39 is 0 Å². The van der Waals surface area contributed by atoms with E-state index in [0.29, 0.717) is 6.10 Å². The lowest BCUT2D eigenvalue weighted by molar-refractivity contribution is -0.134. The van der Waals surface area contributed by atoms with Crippen molar-refractivity contribution < 1.29 is 14.2 Å². The van der Waals surface area contributed by atoms with Crippen LogP contribution in [0.15, 0.2) is 18.2 Å². The summed E-state index contributed by atoms with van der Waals surface area (Å²) >= 11 is 0. The zero-order chi connectivity index (χ0) is 13.5. The summed E-state index contributed by atoms with van der Waals surface area (Å²) in [6, 6.07) is 5.91. The number of hydrogen-bond acceptors (Lipinski definition) is 4. The van der Waals surface area contributed by atoms with Crippen LogP contribution in [-0.4, -0.2) is 25.4 Å². The molecule has 1 aliphatic carbocycles. The first-order valence-corrected chi connectivity index (χ1v) is 6.90. The zero-order valence-electron chi connectivity index (χ0n) is 11.5. The molecule has 1 unspecified atom stereocenters. The van der Waals surface area contributed by atoms with Crippen LogP contribution < -0.4 is 15.2 Å². The molecule has 19 heavy (non-hydrogen) atoms. The van der Waals surface area contributed by atoms with Gasteiger partial charge in [-0.05, 0) is 13.0 Å². The van der Waals surface area contributed by atoms with Crippen LogP contribution in [0.4, 0.5) is 0 Å². The van der Waals surface area contributed by atoms with E-state index in [2.05, 4.69) is 0 Å². The number of rotatable bonds is 3. The van der Waals surface area contributed by atoms with Crippen molar-refractivity contribution in [3.8, 4) is 11.5 Å². The minimum atomic E-state index is -0.126. The lowest BCUT2D eigenvalue weighted by Crippen LogP contribution is -2.55. The van der Waals surface area contributed by atoms with Crippen LogP contribution in [0.3, 0.4) is 0 Å². The molecule has 104 valence electrons. The van der Waals surface area contributed by atoms with Crippen LogP contribution in [0, 0.1) is 0 Å². The Morgan fingerprint density at radius 3 is 2.84 bits per heavy atom. The summed E-state index contributed by atoms with van der Waals surface area (Å²) < 4.78 is 17.1. The average Bonchev–Trinajstić information content (AvgIpc) is 2.36. The monoisotopic (exact) mass is 263 g/mol. The molecule has 2 N–H and O–H groups in total. The summed E-state index contributed by atoms with van der Waals surface area (Å²) in [6.45, 7) is 2.79. The largest absolute Gasteiger partial charge is 0.497 e. The summed E-state index contributed by atoms with van der Waals surface area (Å²) in [7, 11) is 1.66. The molecule has 1 aliphatic heterocycles. The summed E-state index contributed by atoms with van der Waals surface area (Å²) in [5.41, 5.74) is 7.23. The van der Waals surface area contributed by atoms with Gasteiger partial charge in [0.1, 0.15) is 17.1 Å². The van der Waals surface area contributed by atoms with Gasteiger partial charge in [0.05, 0.1) is 13.2 Å². The average molecular weight is 263 g/mol. The Morgan fingerprint density at radius 1 is 1.37 bits per heavy atom. The predicted octanol–water partition coefficient (Wildman–Crippen LogP) is 2.42. The number of ether oxygens (including phenoxy) is 3. The summed E-state index contributed by atoms with van der Waals surface area (Å²) in [4.78, 5) is 0. The standard InChI is InChI=1S/C15H21NO3/c1-3-18-11-7-15(8-11)9-13(16)12-5-4-10(17-2)6-14(12)19-15/h4-6,11,13H,3,7-9,16H2,1-2H3. The van der Waals surface area contributed by atoms with Gasteiger partial charge in [-0.1, -0.05) is 6.07 Å². The van der Waals surface area contributed by atoms with Crippen LogP contribution in [0.25, 0.3) is 0 Å². The van der Waals surface area contributed by atoms with E-state index in [4.69, 9.17) is 19.9 Å². The van der Waals surface area contributed by atoms with Crippen LogP contribution >= 0.6 is 0 Å². The first-order chi connectivity index (χ1) is 9.15. The molecule has 1 aromatic carbocycles. The third kappa shape index (κ3) is 2.19. The molecular formula is C15H21NO3. The topological polar surface area (TPSA) is 53.7 Å². The van der Waals surface area contributed by atoms with Crippen LogP contribution in [0.2, 0.25) is 0 Å². The highest BCUT2D eigenvalue weighted by atomic mass is 16.5. The summed E-state index contributed by atoms with van der Waals surface area (Å²) in [6.07, 6.45) is 3.07. The van der Waals surface area contributed by atoms with Crippen molar-refractivity contribution >= 4 is 0 Å². The molecule has 1 fully saturated rings. The number of nitrogens with two attached hydrogens (primary N) is 1. The van der Waals surface area contributed by atoms with Crippen molar-refractivity contribution in [1.82, 2.24) is 0 Å². The zero-order valence-corrected chi connectivity index (χ0v) is 11.5. The maximum Gasteiger partial charge on any atom is 0.128 e. The summed E-state index contributed by atoms with van der Waals surface area (Å²) in [5, 5.41) is 0. The third-order valence-corrected chi connectivity index (χ3v) is 4.14. The van der Waals surface area contributed by atoms with E-state index in [-0.39, 0.29) is 11.6 Å². The van der Waals surface area contributed by atoms with E-state index >= 15 is 0 Å².